The van der Waals surface area contributed by atoms with Crippen molar-refractivity contribution in [2.45, 2.75) is 0 Å². The first-order chi connectivity index (χ1) is 4.86. The molecule has 0 fully saturated rings. The molecule has 1 aromatic carbocycles. The number of hydrogen-bond donors (Lipinski definition) is 1. The molecule has 1 nitrogen and oxygen atoms in total. The Labute approximate surface area is 63.6 Å². The molecule has 1 heterocycles. The van der Waals surface area contributed by atoms with E-state index < -0.39 is 0 Å². The zero-order valence-electron chi connectivity index (χ0n) is 5.26. The summed E-state index contributed by atoms with van der Waals surface area (Å²) < 4.78 is 0. The van der Waals surface area contributed by atoms with Crippen LogP contribution in [0, 0.1) is 0 Å². The normalized spacial score (nSPS) is 10.5. The van der Waals surface area contributed by atoms with Crippen LogP contribution in [-0.2, 0) is 0 Å². The molecule has 0 radical (unpaired) electrons. The summed E-state index contributed by atoms with van der Waals surface area (Å²) in [5, 5.41) is 1.86. The van der Waals surface area contributed by atoms with Crippen LogP contribution in [0.1, 0.15) is 0 Å². The van der Waals surface area contributed by atoms with Crippen molar-refractivity contribution in [2.24, 2.45) is 0 Å². The van der Waals surface area contributed by atoms with E-state index in [1.54, 1.807) is 0 Å². The summed E-state index contributed by atoms with van der Waals surface area (Å²) in [7, 11) is 0. The summed E-state index contributed by atoms with van der Waals surface area (Å²) in [5.41, 5.74) is 1.09. The number of aromatic nitrogens is 1. The van der Waals surface area contributed by atoms with E-state index in [-0.39, 0.29) is 0 Å². The third kappa shape index (κ3) is 0.792. The second-order valence-corrected chi connectivity index (χ2v) is 2.61. The predicted molar refractivity (Wildman–Crippen MR) is 43.3 cm³/mol. The van der Waals surface area contributed by atoms with E-state index >= 15 is 0 Å². The average Bonchev–Trinajstić information content (AvgIpc) is 2.27. The molecule has 2 rings (SSSR count). The van der Waals surface area contributed by atoms with Crippen LogP contribution in [0.25, 0.3) is 10.9 Å². The molecule has 1 aromatic heterocycles. The van der Waals surface area contributed by atoms with Crippen molar-refractivity contribution in [1.29, 1.82) is 0 Å². The second kappa shape index (κ2) is 2.03. The lowest BCUT2D eigenvalue weighted by atomic mass is 10.3. The van der Waals surface area contributed by atoms with Gasteiger partial charge in [-0.3, -0.25) is 0 Å². The maximum absolute atomic E-state index is 5.73. The molecule has 0 atom stereocenters. The van der Waals surface area contributed by atoms with Crippen LogP contribution < -0.4 is 0 Å². The number of hydrogen-bond acceptors (Lipinski definition) is 0. The molecule has 0 saturated heterocycles. The maximum atomic E-state index is 5.73. The Hall–Kier alpha value is -0.950. The summed E-state index contributed by atoms with van der Waals surface area (Å²) >= 11 is 5.73. The van der Waals surface area contributed by atoms with Crippen molar-refractivity contribution in [3.63, 3.8) is 0 Å². The Kier molecular flexibility index (Phi) is 1.18. The smallest absolute Gasteiger partial charge is 0.107 e. The van der Waals surface area contributed by atoms with E-state index in [0.717, 1.165) is 10.9 Å². The van der Waals surface area contributed by atoms with E-state index in [4.69, 9.17) is 11.6 Å². The van der Waals surface area contributed by atoms with Gasteiger partial charge < -0.3 is 4.98 Å². The third-order valence-electron chi connectivity index (χ3n) is 1.50. The van der Waals surface area contributed by atoms with E-state index in [0.29, 0.717) is 5.15 Å². The van der Waals surface area contributed by atoms with Gasteiger partial charge in [-0.15, -0.1) is 0 Å². The highest BCUT2D eigenvalue weighted by Crippen LogP contribution is 2.17. The van der Waals surface area contributed by atoms with Gasteiger partial charge >= 0.3 is 0 Å². The van der Waals surface area contributed by atoms with Crippen molar-refractivity contribution in [3.05, 3.63) is 35.5 Å². The summed E-state index contributed by atoms with van der Waals surface area (Å²) in [5.74, 6) is 0. The Balaban J connectivity index is 2.88. The minimum Gasteiger partial charge on any atom is -0.346 e. The standard InChI is InChI=1S/C8H6ClN/c9-8-5-6-3-1-2-4-7(6)10-8/h1-5,10H. The predicted octanol–water partition coefficient (Wildman–Crippen LogP) is 2.82. The van der Waals surface area contributed by atoms with Crippen LogP contribution >= 0.6 is 11.6 Å². The fraction of sp³-hybridized carbons (Fsp3) is 0. The second-order valence-electron chi connectivity index (χ2n) is 2.20. The van der Waals surface area contributed by atoms with Gasteiger partial charge in [0, 0.05) is 10.9 Å². The molecule has 0 amide bonds. The Morgan fingerprint density at radius 2 is 2.00 bits per heavy atom. The van der Waals surface area contributed by atoms with Crippen LogP contribution in [-0.4, -0.2) is 4.98 Å². The molecular formula is C8H6ClN. The zero-order valence-corrected chi connectivity index (χ0v) is 6.02. The van der Waals surface area contributed by atoms with E-state index in [1.807, 2.05) is 30.3 Å². The molecular weight excluding hydrogens is 146 g/mol. The number of halogens is 1. The zero-order chi connectivity index (χ0) is 6.97. The quantitative estimate of drug-likeness (QED) is 0.596. The van der Waals surface area contributed by atoms with Gasteiger partial charge in [-0.25, -0.2) is 0 Å². The van der Waals surface area contributed by atoms with Crippen LogP contribution in [0.2, 0.25) is 5.15 Å². The first kappa shape index (κ1) is 5.81. The summed E-state index contributed by atoms with van der Waals surface area (Å²) in [6, 6.07) is 9.91. The van der Waals surface area contributed by atoms with E-state index in [9.17, 15) is 0 Å². The number of fused-ring (bicyclic) bond motifs is 1. The monoisotopic (exact) mass is 151 g/mol. The first-order valence-corrected chi connectivity index (χ1v) is 3.47. The molecule has 0 aliphatic heterocycles. The molecule has 0 aliphatic carbocycles. The average molecular weight is 152 g/mol. The SMILES string of the molecule is Clc1cc2ccccc2[nH]1. The molecule has 0 bridgehead atoms. The molecule has 0 saturated carbocycles. The largest absolute Gasteiger partial charge is 0.346 e. The molecule has 2 aromatic rings. The van der Waals surface area contributed by atoms with Gasteiger partial charge in [0.2, 0.25) is 0 Å². The van der Waals surface area contributed by atoms with Gasteiger partial charge in [0.1, 0.15) is 5.15 Å². The lowest BCUT2D eigenvalue weighted by Gasteiger charge is -1.83. The highest BCUT2D eigenvalue weighted by atomic mass is 35.5. The molecule has 0 spiro atoms. The fourth-order valence-corrected chi connectivity index (χ4v) is 1.26. The van der Waals surface area contributed by atoms with Gasteiger partial charge in [-0.1, -0.05) is 29.8 Å². The minimum absolute atomic E-state index is 0.696. The van der Waals surface area contributed by atoms with Crippen molar-refractivity contribution in [1.82, 2.24) is 4.98 Å². The molecule has 0 unspecified atom stereocenters. The van der Waals surface area contributed by atoms with Crippen LogP contribution in [0.3, 0.4) is 0 Å². The number of para-hydroxylation sites is 1. The van der Waals surface area contributed by atoms with Crippen molar-refractivity contribution in [3.8, 4) is 0 Å². The number of H-pyrrole nitrogens is 1. The van der Waals surface area contributed by atoms with Gasteiger partial charge in [0.25, 0.3) is 0 Å². The molecule has 10 heavy (non-hydrogen) atoms. The van der Waals surface area contributed by atoms with Crippen molar-refractivity contribution >= 4 is 22.5 Å². The molecule has 2 heteroatoms. The maximum Gasteiger partial charge on any atom is 0.107 e. The number of benzene rings is 1. The Morgan fingerprint density at radius 1 is 1.20 bits per heavy atom. The van der Waals surface area contributed by atoms with Gasteiger partial charge in [-0.05, 0) is 12.1 Å². The van der Waals surface area contributed by atoms with Gasteiger partial charge in [0.15, 0.2) is 0 Å². The topological polar surface area (TPSA) is 15.8 Å². The molecule has 50 valence electrons. The highest BCUT2D eigenvalue weighted by molar-refractivity contribution is 6.30. The van der Waals surface area contributed by atoms with Gasteiger partial charge in [0.05, 0.1) is 0 Å². The minimum atomic E-state index is 0.696. The summed E-state index contributed by atoms with van der Waals surface area (Å²) in [6.07, 6.45) is 0. The molecule has 0 aliphatic rings. The van der Waals surface area contributed by atoms with Gasteiger partial charge in [-0.2, -0.15) is 0 Å². The number of rotatable bonds is 0. The molecule has 1 N–H and O–H groups in total. The lowest BCUT2D eigenvalue weighted by Crippen LogP contribution is -1.62. The number of aromatic amines is 1. The third-order valence-corrected chi connectivity index (χ3v) is 1.70. The summed E-state index contributed by atoms with van der Waals surface area (Å²) in [4.78, 5) is 3.02. The van der Waals surface area contributed by atoms with E-state index in [1.165, 1.54) is 0 Å². The van der Waals surface area contributed by atoms with Crippen LogP contribution in [0.4, 0.5) is 0 Å². The van der Waals surface area contributed by atoms with Crippen LogP contribution in [0.15, 0.2) is 30.3 Å². The van der Waals surface area contributed by atoms with Crippen LogP contribution in [0.5, 0.6) is 0 Å². The van der Waals surface area contributed by atoms with Crippen molar-refractivity contribution < 1.29 is 0 Å². The first-order valence-electron chi connectivity index (χ1n) is 3.09. The fourth-order valence-electron chi connectivity index (χ4n) is 1.04. The Bertz CT molecular complexity index is 318. The Morgan fingerprint density at radius 3 is 2.80 bits per heavy atom. The lowest BCUT2D eigenvalue weighted by molar-refractivity contribution is 1.48. The number of nitrogens with one attached hydrogen (secondary N) is 1. The highest BCUT2D eigenvalue weighted by Gasteiger charge is 1.93. The summed E-state index contributed by atoms with van der Waals surface area (Å²) in [6.45, 7) is 0. The van der Waals surface area contributed by atoms with Crippen molar-refractivity contribution in [2.75, 3.05) is 0 Å². The van der Waals surface area contributed by atoms with E-state index in [2.05, 4.69) is 4.98 Å².